The number of esters is 1. The Morgan fingerprint density at radius 3 is 2.13 bits per heavy atom. The molecule has 0 saturated carbocycles. The van der Waals surface area contributed by atoms with E-state index in [9.17, 15) is 22.8 Å². The Bertz CT molecular complexity index is 1020. The van der Waals surface area contributed by atoms with Crippen molar-refractivity contribution >= 4 is 27.8 Å². The Morgan fingerprint density at radius 2 is 1.62 bits per heavy atom. The summed E-state index contributed by atoms with van der Waals surface area (Å²) in [5.41, 5.74) is 0.155. The predicted octanol–water partition coefficient (Wildman–Crippen LogP) is 3.42. The van der Waals surface area contributed by atoms with Crippen LogP contribution in [0.15, 0.2) is 30.3 Å². The van der Waals surface area contributed by atoms with Crippen LogP contribution in [-0.4, -0.2) is 74.9 Å². The lowest BCUT2D eigenvalue weighted by atomic mass is 10.00. The number of rotatable bonds is 15. The van der Waals surface area contributed by atoms with Crippen molar-refractivity contribution in [2.45, 2.75) is 97.6 Å². The first kappa shape index (κ1) is 34.4. The molecular weight excluding hydrogens is 524 g/mol. The lowest BCUT2D eigenvalue weighted by Crippen LogP contribution is -2.50. The molecule has 1 aromatic rings. The molecule has 0 unspecified atom stereocenters. The standard InChI is InChI=1S/C28H46N2O8S/c1-9-20(4)23(30-27(33)38-28(5,6)7)18-36-24(17-21-13-11-10-12-14-21)25(31)29-22(15-16-39(8,34)35)26(32)37-19(2)3/h10-14,19-20,22-24H,9,15-18H2,1-8H3,(H,29,31)(H,30,33)/t20-,22-,23+,24-/m1/s1. The zero-order chi connectivity index (χ0) is 29.8. The molecule has 1 aromatic carbocycles. The molecule has 0 saturated heterocycles. The molecule has 0 aliphatic heterocycles. The van der Waals surface area contributed by atoms with Crippen LogP contribution in [0, 0.1) is 5.92 Å². The molecule has 0 heterocycles. The van der Waals surface area contributed by atoms with Gasteiger partial charge >= 0.3 is 12.1 Å². The fourth-order valence-corrected chi connectivity index (χ4v) is 4.19. The van der Waals surface area contributed by atoms with Crippen molar-refractivity contribution in [3.63, 3.8) is 0 Å². The molecule has 0 aromatic heterocycles. The number of nitrogens with one attached hydrogen (secondary N) is 2. The Kier molecular flexibility index (Phi) is 13.9. The smallest absolute Gasteiger partial charge is 0.407 e. The van der Waals surface area contributed by atoms with Gasteiger partial charge in [0.25, 0.3) is 0 Å². The van der Waals surface area contributed by atoms with E-state index in [0.717, 1.165) is 18.2 Å². The molecule has 0 bridgehead atoms. The molecule has 2 N–H and O–H groups in total. The van der Waals surface area contributed by atoms with Gasteiger partial charge < -0.3 is 24.8 Å². The lowest BCUT2D eigenvalue weighted by molar-refractivity contribution is -0.153. The third kappa shape index (κ3) is 14.9. The van der Waals surface area contributed by atoms with Crippen molar-refractivity contribution in [2.24, 2.45) is 5.92 Å². The minimum Gasteiger partial charge on any atom is -0.461 e. The highest BCUT2D eigenvalue weighted by molar-refractivity contribution is 7.90. The number of carbonyl (C=O) groups excluding carboxylic acids is 3. The number of hydrogen-bond acceptors (Lipinski definition) is 8. The van der Waals surface area contributed by atoms with E-state index in [1.54, 1.807) is 34.6 Å². The summed E-state index contributed by atoms with van der Waals surface area (Å²) in [7, 11) is -3.39. The van der Waals surface area contributed by atoms with Crippen LogP contribution in [0.2, 0.25) is 0 Å². The number of carbonyl (C=O) groups is 3. The van der Waals surface area contributed by atoms with E-state index in [1.807, 2.05) is 44.2 Å². The maximum atomic E-state index is 13.4. The number of hydrogen-bond donors (Lipinski definition) is 2. The van der Waals surface area contributed by atoms with E-state index < -0.39 is 57.7 Å². The molecule has 0 aliphatic rings. The predicted molar refractivity (Wildman–Crippen MR) is 150 cm³/mol. The summed E-state index contributed by atoms with van der Waals surface area (Å²) in [5, 5.41) is 5.48. The van der Waals surface area contributed by atoms with Gasteiger partial charge in [0, 0.05) is 12.7 Å². The largest absolute Gasteiger partial charge is 0.461 e. The first-order valence-corrected chi connectivity index (χ1v) is 15.4. The zero-order valence-corrected chi connectivity index (χ0v) is 25.3. The summed E-state index contributed by atoms with van der Waals surface area (Å²) in [5.74, 6) is -1.59. The first-order valence-electron chi connectivity index (χ1n) is 13.3. The van der Waals surface area contributed by atoms with E-state index in [0.29, 0.717) is 0 Å². The maximum Gasteiger partial charge on any atom is 0.407 e. The van der Waals surface area contributed by atoms with Crippen LogP contribution >= 0.6 is 0 Å². The molecule has 0 fully saturated rings. The minimum absolute atomic E-state index is 0.0153. The van der Waals surface area contributed by atoms with E-state index in [-0.39, 0.29) is 31.1 Å². The summed E-state index contributed by atoms with van der Waals surface area (Å²) < 4.78 is 40.2. The number of amides is 2. The molecular formula is C28H46N2O8S. The van der Waals surface area contributed by atoms with Crippen LogP contribution in [0.3, 0.4) is 0 Å². The molecule has 0 spiro atoms. The van der Waals surface area contributed by atoms with E-state index in [1.165, 1.54) is 0 Å². The quantitative estimate of drug-likeness (QED) is 0.306. The van der Waals surface area contributed by atoms with Crippen molar-refractivity contribution in [3.8, 4) is 0 Å². The van der Waals surface area contributed by atoms with Crippen molar-refractivity contribution < 1.29 is 37.0 Å². The van der Waals surface area contributed by atoms with E-state index in [2.05, 4.69) is 10.6 Å². The second kappa shape index (κ2) is 15.8. The van der Waals surface area contributed by atoms with Gasteiger partial charge in [-0.3, -0.25) is 4.79 Å². The van der Waals surface area contributed by atoms with Gasteiger partial charge in [-0.25, -0.2) is 18.0 Å². The SMILES string of the molecule is CC[C@@H](C)[C@H](CO[C@H](Cc1ccccc1)C(=O)N[C@H](CCS(C)(=O)=O)C(=O)OC(C)C)NC(=O)OC(C)(C)C. The Labute approximate surface area is 233 Å². The lowest BCUT2D eigenvalue weighted by Gasteiger charge is -2.29. The average Bonchev–Trinajstić information content (AvgIpc) is 2.81. The third-order valence-corrected chi connectivity index (χ3v) is 6.77. The second-order valence-electron chi connectivity index (χ2n) is 11.1. The number of sulfone groups is 1. The van der Waals surface area contributed by atoms with Gasteiger partial charge in [0.05, 0.1) is 24.5 Å². The highest BCUT2D eigenvalue weighted by atomic mass is 32.2. The van der Waals surface area contributed by atoms with Gasteiger partial charge in [0.15, 0.2) is 0 Å². The van der Waals surface area contributed by atoms with Crippen molar-refractivity contribution in [1.29, 1.82) is 0 Å². The van der Waals surface area contributed by atoms with Crippen molar-refractivity contribution in [2.75, 3.05) is 18.6 Å². The van der Waals surface area contributed by atoms with Gasteiger partial charge in [0.1, 0.15) is 27.6 Å². The fourth-order valence-electron chi connectivity index (χ4n) is 3.53. The summed E-state index contributed by atoms with van der Waals surface area (Å²) in [6, 6.07) is 7.62. The second-order valence-corrected chi connectivity index (χ2v) is 13.4. The van der Waals surface area contributed by atoms with Crippen molar-refractivity contribution in [3.05, 3.63) is 35.9 Å². The van der Waals surface area contributed by atoms with Crippen molar-refractivity contribution in [1.82, 2.24) is 10.6 Å². The highest BCUT2D eigenvalue weighted by Crippen LogP contribution is 2.14. The Hall–Kier alpha value is -2.66. The summed E-state index contributed by atoms with van der Waals surface area (Å²) >= 11 is 0. The first-order chi connectivity index (χ1) is 18.0. The molecule has 11 heteroatoms. The maximum absolute atomic E-state index is 13.4. The van der Waals surface area contributed by atoms with Gasteiger partial charge in [-0.2, -0.15) is 0 Å². The van der Waals surface area contributed by atoms with Gasteiger partial charge in [-0.1, -0.05) is 50.6 Å². The van der Waals surface area contributed by atoms with Crippen LogP contribution in [0.25, 0.3) is 0 Å². The van der Waals surface area contributed by atoms with Gasteiger partial charge in [0.2, 0.25) is 5.91 Å². The number of benzene rings is 1. The Balaban J connectivity index is 3.14. The average molecular weight is 571 g/mol. The Morgan fingerprint density at radius 1 is 1.00 bits per heavy atom. The highest BCUT2D eigenvalue weighted by Gasteiger charge is 2.30. The molecule has 0 aliphatic carbocycles. The summed E-state index contributed by atoms with van der Waals surface area (Å²) in [4.78, 5) is 38.6. The van der Waals surface area contributed by atoms with Crippen LogP contribution in [0.1, 0.15) is 66.9 Å². The van der Waals surface area contributed by atoms with Gasteiger partial charge in [-0.05, 0) is 52.5 Å². The van der Waals surface area contributed by atoms with Crippen LogP contribution in [0.4, 0.5) is 4.79 Å². The van der Waals surface area contributed by atoms with E-state index >= 15 is 0 Å². The molecule has 4 atom stereocenters. The minimum atomic E-state index is -3.39. The van der Waals surface area contributed by atoms with Gasteiger partial charge in [-0.15, -0.1) is 0 Å². The molecule has 10 nitrogen and oxygen atoms in total. The number of ether oxygens (including phenoxy) is 3. The third-order valence-electron chi connectivity index (χ3n) is 5.80. The summed E-state index contributed by atoms with van der Waals surface area (Å²) in [6.45, 7) is 12.6. The van der Waals surface area contributed by atoms with E-state index in [4.69, 9.17) is 14.2 Å². The molecule has 2 amide bonds. The normalized spacial score (nSPS) is 15.1. The van der Waals surface area contributed by atoms with Crippen LogP contribution in [-0.2, 0) is 40.1 Å². The van der Waals surface area contributed by atoms with Crippen LogP contribution < -0.4 is 10.6 Å². The fraction of sp³-hybridized carbons (Fsp3) is 0.679. The monoisotopic (exact) mass is 570 g/mol. The van der Waals surface area contributed by atoms with Crippen LogP contribution in [0.5, 0.6) is 0 Å². The topological polar surface area (TPSA) is 137 Å². The zero-order valence-electron chi connectivity index (χ0n) is 24.5. The number of alkyl carbamates (subject to hydrolysis) is 1. The molecule has 39 heavy (non-hydrogen) atoms. The molecule has 222 valence electrons. The summed E-state index contributed by atoms with van der Waals surface area (Å²) in [6.07, 6.45) is -0.179. The molecule has 1 rings (SSSR count). The molecule has 0 radical (unpaired) electrons.